The van der Waals surface area contributed by atoms with Crippen molar-refractivity contribution in [3.63, 3.8) is 0 Å². The van der Waals surface area contributed by atoms with Crippen molar-refractivity contribution in [2.45, 2.75) is 25.3 Å². The summed E-state index contributed by atoms with van der Waals surface area (Å²) in [7, 11) is 1.65. The topological polar surface area (TPSA) is 61.4 Å². The predicted molar refractivity (Wildman–Crippen MR) is 123 cm³/mol. The van der Waals surface area contributed by atoms with Gasteiger partial charge in [0.2, 0.25) is 0 Å². The minimum absolute atomic E-state index is 0.300. The van der Waals surface area contributed by atoms with E-state index in [1.165, 1.54) is 27.6 Å². The monoisotopic (exact) mass is 413 g/mol. The summed E-state index contributed by atoms with van der Waals surface area (Å²) < 4.78 is 5.44. The first-order valence-electron chi connectivity index (χ1n) is 10.8. The van der Waals surface area contributed by atoms with Crippen molar-refractivity contribution in [3.05, 3.63) is 78.1 Å². The number of H-pyrrole nitrogens is 1. The Kier molecular flexibility index (Phi) is 5.35. The number of piperidine rings is 1. The molecule has 1 aliphatic rings. The van der Waals surface area contributed by atoms with Crippen LogP contribution in [0.3, 0.4) is 0 Å². The van der Waals surface area contributed by atoms with Gasteiger partial charge in [-0.1, -0.05) is 42.5 Å². The Balaban J connectivity index is 1.31. The SMILES string of the molecule is COc1cccc(O)c1CN1CCC(c2[nH]ncc2-c2ccc3ccccc3c2)CC1. The van der Waals surface area contributed by atoms with Gasteiger partial charge >= 0.3 is 0 Å². The Morgan fingerprint density at radius 2 is 1.84 bits per heavy atom. The molecular weight excluding hydrogens is 386 g/mol. The van der Waals surface area contributed by atoms with E-state index in [0.29, 0.717) is 18.2 Å². The summed E-state index contributed by atoms with van der Waals surface area (Å²) in [6, 6.07) is 20.5. The number of nitrogens with one attached hydrogen (secondary N) is 1. The summed E-state index contributed by atoms with van der Waals surface area (Å²) in [4.78, 5) is 2.39. The lowest BCUT2D eigenvalue weighted by Crippen LogP contribution is -2.32. The van der Waals surface area contributed by atoms with Crippen LogP contribution in [0, 0.1) is 0 Å². The van der Waals surface area contributed by atoms with E-state index in [9.17, 15) is 5.11 Å². The highest BCUT2D eigenvalue weighted by Gasteiger charge is 2.25. The number of hydrogen-bond acceptors (Lipinski definition) is 4. The average Bonchev–Trinajstić information content (AvgIpc) is 3.30. The molecule has 0 amide bonds. The number of nitrogens with zero attached hydrogens (tertiary/aromatic N) is 2. The number of aromatic nitrogens is 2. The second-order valence-corrected chi connectivity index (χ2v) is 8.27. The third kappa shape index (κ3) is 3.89. The summed E-state index contributed by atoms with van der Waals surface area (Å²) >= 11 is 0. The summed E-state index contributed by atoms with van der Waals surface area (Å²) in [5.74, 6) is 1.49. The first kappa shape index (κ1) is 19.6. The lowest BCUT2D eigenvalue weighted by molar-refractivity contribution is 0.199. The largest absolute Gasteiger partial charge is 0.507 e. The van der Waals surface area contributed by atoms with Crippen molar-refractivity contribution in [3.8, 4) is 22.6 Å². The van der Waals surface area contributed by atoms with Gasteiger partial charge in [-0.3, -0.25) is 10.00 Å². The molecule has 0 saturated carbocycles. The number of aromatic amines is 1. The first-order chi connectivity index (χ1) is 15.2. The molecule has 0 bridgehead atoms. The highest BCUT2D eigenvalue weighted by atomic mass is 16.5. The average molecular weight is 414 g/mol. The summed E-state index contributed by atoms with van der Waals surface area (Å²) in [6.07, 6.45) is 4.07. The number of methoxy groups -OCH3 is 1. The van der Waals surface area contributed by atoms with Gasteiger partial charge in [0, 0.05) is 29.3 Å². The predicted octanol–water partition coefficient (Wildman–Crippen LogP) is 5.32. The van der Waals surface area contributed by atoms with Crippen molar-refractivity contribution in [1.82, 2.24) is 15.1 Å². The van der Waals surface area contributed by atoms with Gasteiger partial charge in [0.1, 0.15) is 11.5 Å². The van der Waals surface area contributed by atoms with E-state index < -0.39 is 0 Å². The van der Waals surface area contributed by atoms with Crippen molar-refractivity contribution in [1.29, 1.82) is 0 Å². The number of phenols is 1. The van der Waals surface area contributed by atoms with Crippen LogP contribution in [-0.4, -0.2) is 40.4 Å². The van der Waals surface area contributed by atoms with E-state index in [4.69, 9.17) is 4.74 Å². The zero-order valence-corrected chi connectivity index (χ0v) is 17.7. The van der Waals surface area contributed by atoms with Crippen LogP contribution >= 0.6 is 0 Å². The number of hydrogen-bond donors (Lipinski definition) is 2. The zero-order valence-electron chi connectivity index (χ0n) is 17.7. The Bertz CT molecular complexity index is 1190. The van der Waals surface area contributed by atoms with Crippen LogP contribution in [0.4, 0.5) is 0 Å². The molecule has 4 aromatic rings. The maximum Gasteiger partial charge on any atom is 0.127 e. The van der Waals surface area contributed by atoms with Crippen LogP contribution in [0.15, 0.2) is 66.9 Å². The quantitative estimate of drug-likeness (QED) is 0.465. The van der Waals surface area contributed by atoms with E-state index in [1.54, 1.807) is 13.2 Å². The number of ether oxygens (including phenoxy) is 1. The molecular formula is C26H27N3O2. The molecule has 5 rings (SSSR count). The summed E-state index contributed by atoms with van der Waals surface area (Å²) in [5, 5.41) is 20.4. The number of rotatable bonds is 5. The van der Waals surface area contributed by atoms with E-state index in [-0.39, 0.29) is 0 Å². The molecule has 0 spiro atoms. The van der Waals surface area contributed by atoms with Crippen LogP contribution in [0.25, 0.3) is 21.9 Å². The maximum absolute atomic E-state index is 10.3. The molecule has 1 saturated heterocycles. The van der Waals surface area contributed by atoms with Crippen LogP contribution in [0.5, 0.6) is 11.5 Å². The standard InChI is InChI=1S/C26H27N3O2/c1-31-25-8-4-7-24(30)23(25)17-29-13-11-19(12-14-29)26-22(16-27-28-26)21-10-9-18-5-2-3-6-20(18)15-21/h2-10,15-16,19,30H,11-14,17H2,1H3,(H,27,28). The second kappa shape index (κ2) is 8.44. The number of likely N-dealkylation sites (tertiary alicyclic amines) is 1. The summed E-state index contributed by atoms with van der Waals surface area (Å²) in [5.41, 5.74) is 4.51. The molecule has 2 N–H and O–H groups in total. The molecule has 0 aliphatic carbocycles. The third-order valence-corrected chi connectivity index (χ3v) is 6.44. The second-order valence-electron chi connectivity index (χ2n) is 8.27. The molecule has 3 aromatic carbocycles. The van der Waals surface area contributed by atoms with Gasteiger partial charge in [-0.25, -0.2) is 0 Å². The van der Waals surface area contributed by atoms with Crippen LogP contribution in [0.2, 0.25) is 0 Å². The zero-order chi connectivity index (χ0) is 21.2. The first-order valence-corrected chi connectivity index (χ1v) is 10.8. The Hall–Kier alpha value is -3.31. The third-order valence-electron chi connectivity index (χ3n) is 6.44. The van der Waals surface area contributed by atoms with E-state index >= 15 is 0 Å². The van der Waals surface area contributed by atoms with Crippen molar-refractivity contribution >= 4 is 10.8 Å². The molecule has 158 valence electrons. The molecule has 0 radical (unpaired) electrons. The van der Waals surface area contributed by atoms with Gasteiger partial charge in [0.05, 0.1) is 13.3 Å². The van der Waals surface area contributed by atoms with Crippen LogP contribution in [-0.2, 0) is 6.54 Å². The van der Waals surface area contributed by atoms with E-state index in [0.717, 1.165) is 37.2 Å². The summed E-state index contributed by atoms with van der Waals surface area (Å²) in [6.45, 7) is 2.64. The van der Waals surface area contributed by atoms with Gasteiger partial charge in [-0.15, -0.1) is 0 Å². The number of phenolic OH excluding ortho intramolecular Hbond substituents is 1. The molecule has 5 nitrogen and oxygen atoms in total. The van der Waals surface area contributed by atoms with Crippen LogP contribution in [0.1, 0.15) is 30.0 Å². The van der Waals surface area contributed by atoms with Crippen LogP contribution < -0.4 is 4.74 Å². The molecule has 0 unspecified atom stereocenters. The minimum Gasteiger partial charge on any atom is -0.507 e. The Morgan fingerprint density at radius 1 is 1.03 bits per heavy atom. The molecule has 1 aliphatic heterocycles. The fourth-order valence-electron chi connectivity index (χ4n) is 4.70. The Labute approximate surface area is 182 Å². The number of fused-ring (bicyclic) bond motifs is 1. The molecule has 0 atom stereocenters. The van der Waals surface area contributed by atoms with Gasteiger partial charge in [0.25, 0.3) is 0 Å². The fourth-order valence-corrected chi connectivity index (χ4v) is 4.70. The normalized spacial score (nSPS) is 15.4. The van der Waals surface area contributed by atoms with Gasteiger partial charge in [-0.2, -0.15) is 5.10 Å². The van der Waals surface area contributed by atoms with Crippen molar-refractivity contribution < 1.29 is 9.84 Å². The molecule has 31 heavy (non-hydrogen) atoms. The lowest BCUT2D eigenvalue weighted by atomic mass is 9.89. The van der Waals surface area contributed by atoms with Gasteiger partial charge < -0.3 is 9.84 Å². The highest BCUT2D eigenvalue weighted by molar-refractivity contribution is 5.87. The highest BCUT2D eigenvalue weighted by Crippen LogP contribution is 2.36. The van der Waals surface area contributed by atoms with Gasteiger partial charge in [0.15, 0.2) is 0 Å². The lowest BCUT2D eigenvalue weighted by Gasteiger charge is -2.32. The van der Waals surface area contributed by atoms with Crippen molar-refractivity contribution in [2.75, 3.05) is 20.2 Å². The van der Waals surface area contributed by atoms with E-state index in [2.05, 4.69) is 57.6 Å². The molecule has 5 heteroatoms. The minimum atomic E-state index is 0.300. The smallest absolute Gasteiger partial charge is 0.127 e. The van der Waals surface area contributed by atoms with Crippen molar-refractivity contribution in [2.24, 2.45) is 0 Å². The maximum atomic E-state index is 10.3. The Morgan fingerprint density at radius 3 is 2.65 bits per heavy atom. The molecule has 2 heterocycles. The fraction of sp³-hybridized carbons (Fsp3) is 0.269. The molecule has 1 fully saturated rings. The van der Waals surface area contributed by atoms with Gasteiger partial charge in [-0.05, 0) is 60.5 Å². The van der Waals surface area contributed by atoms with E-state index in [1.807, 2.05) is 18.3 Å². The molecule has 1 aromatic heterocycles. The number of benzene rings is 3. The number of aromatic hydroxyl groups is 1.